The van der Waals surface area contributed by atoms with Crippen LogP contribution in [0.5, 0.6) is 0 Å². The second-order valence-corrected chi connectivity index (χ2v) is 5.89. The largest absolute Gasteiger partial charge is 0.396 e. The summed E-state index contributed by atoms with van der Waals surface area (Å²) in [5.41, 5.74) is 9.49. The van der Waals surface area contributed by atoms with Gasteiger partial charge >= 0.3 is 0 Å². The van der Waals surface area contributed by atoms with Crippen LogP contribution >= 0.6 is 15.9 Å². The number of carbonyl (C=O) groups is 1. The number of nitrogens with zero attached hydrogens (tertiary/aromatic N) is 2. The Hall–Kier alpha value is -1.62. The van der Waals surface area contributed by atoms with Crippen molar-refractivity contribution in [2.75, 3.05) is 5.73 Å². The summed E-state index contributed by atoms with van der Waals surface area (Å²) >= 11 is 3.46. The molecule has 1 aliphatic rings. The Labute approximate surface area is 119 Å². The van der Waals surface area contributed by atoms with E-state index in [0.717, 1.165) is 17.3 Å². The van der Waals surface area contributed by atoms with E-state index in [1.165, 1.54) is 15.8 Å². The summed E-state index contributed by atoms with van der Waals surface area (Å²) in [5, 5.41) is 4.17. The molecule has 0 radical (unpaired) electrons. The van der Waals surface area contributed by atoms with Gasteiger partial charge in [-0.25, -0.2) is 4.68 Å². The van der Waals surface area contributed by atoms with Crippen LogP contribution in [0.2, 0.25) is 0 Å². The lowest BCUT2D eigenvalue weighted by atomic mass is 10.1. The summed E-state index contributed by atoms with van der Waals surface area (Å²) in [4.78, 5) is 12.4. The van der Waals surface area contributed by atoms with Gasteiger partial charge in [0.2, 0.25) is 0 Å². The van der Waals surface area contributed by atoms with Gasteiger partial charge in [-0.05, 0) is 43.0 Å². The molecule has 19 heavy (non-hydrogen) atoms. The summed E-state index contributed by atoms with van der Waals surface area (Å²) in [7, 11) is 0. The van der Waals surface area contributed by atoms with E-state index in [4.69, 9.17) is 5.73 Å². The zero-order valence-corrected chi connectivity index (χ0v) is 12.1. The summed E-state index contributed by atoms with van der Waals surface area (Å²) < 4.78 is 2.44. The second kappa shape index (κ2) is 4.49. The molecular weight excluding hydrogens is 306 g/mol. The number of aryl methyl sites for hydroxylation is 1. The number of nitrogen functional groups attached to an aromatic ring is 1. The number of nitrogens with two attached hydrogens (primary N) is 1. The summed E-state index contributed by atoms with van der Waals surface area (Å²) in [6.45, 7) is 1.81. The number of fused-ring (bicyclic) bond motifs is 1. The molecule has 0 aliphatic heterocycles. The van der Waals surface area contributed by atoms with Crippen LogP contribution < -0.4 is 5.73 Å². The third kappa shape index (κ3) is 2.18. The van der Waals surface area contributed by atoms with Gasteiger partial charge in [0.05, 0.1) is 17.6 Å². The van der Waals surface area contributed by atoms with Gasteiger partial charge in [-0.15, -0.1) is 0 Å². The minimum atomic E-state index is -0.0389. The highest BCUT2D eigenvalue weighted by molar-refractivity contribution is 9.10. The first-order valence-corrected chi connectivity index (χ1v) is 6.97. The molecule has 0 saturated heterocycles. The van der Waals surface area contributed by atoms with E-state index < -0.39 is 0 Å². The first-order valence-electron chi connectivity index (χ1n) is 6.18. The Bertz CT molecular complexity index is 643. The van der Waals surface area contributed by atoms with Crippen LogP contribution in [0.25, 0.3) is 0 Å². The molecule has 4 nitrogen and oxygen atoms in total. The Morgan fingerprint density at radius 1 is 1.42 bits per heavy atom. The van der Waals surface area contributed by atoms with Crippen molar-refractivity contribution >= 4 is 27.5 Å². The molecule has 1 aromatic carbocycles. The zero-order valence-electron chi connectivity index (χ0n) is 10.6. The molecule has 1 aromatic heterocycles. The minimum absolute atomic E-state index is 0.0205. The summed E-state index contributed by atoms with van der Waals surface area (Å²) in [6.07, 6.45) is 3.16. The molecule has 1 atom stereocenters. The molecule has 0 amide bonds. The van der Waals surface area contributed by atoms with Crippen LogP contribution in [0, 0.1) is 12.8 Å². The van der Waals surface area contributed by atoms with Gasteiger partial charge in [0, 0.05) is 10.4 Å². The highest BCUT2D eigenvalue weighted by Gasteiger charge is 2.29. The average molecular weight is 320 g/mol. The first kappa shape index (κ1) is 12.4. The molecule has 5 heteroatoms. The molecule has 0 bridgehead atoms. The van der Waals surface area contributed by atoms with Crippen LogP contribution in [0.1, 0.15) is 21.6 Å². The third-order valence-electron chi connectivity index (χ3n) is 3.61. The highest BCUT2D eigenvalue weighted by atomic mass is 79.9. The molecule has 1 unspecified atom stereocenters. The van der Waals surface area contributed by atoms with E-state index in [2.05, 4.69) is 33.2 Å². The van der Waals surface area contributed by atoms with Gasteiger partial charge in [-0.1, -0.05) is 22.0 Å². The maximum atomic E-state index is 12.4. The number of aromatic nitrogens is 2. The normalized spacial score (nSPS) is 17.5. The number of halogens is 1. The smallest absolute Gasteiger partial charge is 0.250 e. The van der Waals surface area contributed by atoms with Crippen LogP contribution in [0.15, 0.2) is 28.9 Å². The second-order valence-electron chi connectivity index (χ2n) is 4.97. The molecule has 3 rings (SSSR count). The molecule has 1 heterocycles. The van der Waals surface area contributed by atoms with Crippen molar-refractivity contribution in [1.29, 1.82) is 0 Å². The van der Waals surface area contributed by atoms with Gasteiger partial charge < -0.3 is 5.73 Å². The predicted octanol–water partition coefficient (Wildman–Crippen LogP) is 2.59. The summed E-state index contributed by atoms with van der Waals surface area (Å²) in [6, 6.07) is 6.18. The van der Waals surface area contributed by atoms with Gasteiger partial charge in [0.25, 0.3) is 5.91 Å². The SMILES string of the molecule is Cc1nn(C(=O)C2Cc3ccc(Br)cc3C2)cc1N. The standard InChI is InChI=1S/C14H14BrN3O/c1-8-13(16)7-18(17-8)14(19)11-4-9-2-3-12(15)6-10(9)5-11/h2-3,6-7,11H,4-5,16H2,1H3. The Balaban J connectivity index is 1.84. The van der Waals surface area contributed by atoms with Crippen LogP contribution in [-0.4, -0.2) is 15.7 Å². The van der Waals surface area contributed by atoms with Crippen molar-refractivity contribution in [2.24, 2.45) is 5.92 Å². The van der Waals surface area contributed by atoms with E-state index in [9.17, 15) is 4.79 Å². The lowest BCUT2D eigenvalue weighted by molar-refractivity contribution is 0.0822. The van der Waals surface area contributed by atoms with Crippen molar-refractivity contribution in [2.45, 2.75) is 19.8 Å². The van der Waals surface area contributed by atoms with Crippen molar-refractivity contribution in [1.82, 2.24) is 9.78 Å². The molecule has 98 valence electrons. The third-order valence-corrected chi connectivity index (χ3v) is 4.11. The Kier molecular flexibility index (Phi) is 2.93. The Morgan fingerprint density at radius 2 is 2.16 bits per heavy atom. The van der Waals surface area contributed by atoms with E-state index in [1.54, 1.807) is 13.1 Å². The number of carbonyl (C=O) groups excluding carboxylic acids is 1. The molecule has 0 fully saturated rings. The van der Waals surface area contributed by atoms with E-state index in [0.29, 0.717) is 11.4 Å². The predicted molar refractivity (Wildman–Crippen MR) is 77.0 cm³/mol. The number of benzene rings is 1. The van der Waals surface area contributed by atoms with E-state index in [1.807, 2.05) is 6.07 Å². The van der Waals surface area contributed by atoms with Crippen LogP contribution in [0.3, 0.4) is 0 Å². The lowest BCUT2D eigenvalue weighted by Crippen LogP contribution is -2.22. The fraction of sp³-hybridized carbons (Fsp3) is 0.286. The minimum Gasteiger partial charge on any atom is -0.396 e. The maximum absolute atomic E-state index is 12.4. The molecule has 2 N–H and O–H groups in total. The van der Waals surface area contributed by atoms with E-state index >= 15 is 0 Å². The monoisotopic (exact) mass is 319 g/mol. The van der Waals surface area contributed by atoms with Crippen molar-refractivity contribution in [3.8, 4) is 0 Å². The fourth-order valence-electron chi connectivity index (χ4n) is 2.53. The first-order chi connectivity index (χ1) is 9.04. The van der Waals surface area contributed by atoms with Gasteiger partial charge in [-0.3, -0.25) is 4.79 Å². The molecule has 2 aromatic rings. The molecule has 1 aliphatic carbocycles. The topological polar surface area (TPSA) is 60.9 Å². The number of rotatable bonds is 1. The number of anilines is 1. The van der Waals surface area contributed by atoms with Crippen molar-refractivity contribution in [3.63, 3.8) is 0 Å². The Morgan fingerprint density at radius 3 is 2.84 bits per heavy atom. The quantitative estimate of drug-likeness (QED) is 0.878. The van der Waals surface area contributed by atoms with Crippen molar-refractivity contribution < 1.29 is 4.79 Å². The summed E-state index contributed by atoms with van der Waals surface area (Å²) in [5.74, 6) is -0.0184. The highest BCUT2D eigenvalue weighted by Crippen LogP contribution is 2.30. The molecular formula is C14H14BrN3O. The fourth-order valence-corrected chi connectivity index (χ4v) is 2.94. The lowest BCUT2D eigenvalue weighted by Gasteiger charge is -2.06. The van der Waals surface area contributed by atoms with Gasteiger partial charge in [0.15, 0.2) is 0 Å². The average Bonchev–Trinajstić information content (AvgIpc) is 2.92. The molecule has 0 saturated carbocycles. The number of hydrogen-bond acceptors (Lipinski definition) is 3. The zero-order chi connectivity index (χ0) is 13.6. The van der Waals surface area contributed by atoms with Crippen molar-refractivity contribution in [3.05, 3.63) is 45.7 Å². The van der Waals surface area contributed by atoms with E-state index in [-0.39, 0.29) is 11.8 Å². The molecule has 0 spiro atoms. The van der Waals surface area contributed by atoms with Gasteiger partial charge in [0.1, 0.15) is 0 Å². The maximum Gasteiger partial charge on any atom is 0.250 e. The van der Waals surface area contributed by atoms with Crippen LogP contribution in [-0.2, 0) is 12.8 Å². The number of hydrogen-bond donors (Lipinski definition) is 1. The van der Waals surface area contributed by atoms with Gasteiger partial charge in [-0.2, -0.15) is 5.10 Å². The van der Waals surface area contributed by atoms with Crippen LogP contribution in [0.4, 0.5) is 5.69 Å².